The maximum atomic E-state index is 14.7. The number of carbonyl (C=O) groups excluding carboxylic acids is 2. The number of halogens is 1. The van der Waals surface area contributed by atoms with Crippen LogP contribution in [0, 0.1) is 5.82 Å². The van der Waals surface area contributed by atoms with Crippen LogP contribution >= 0.6 is 0 Å². The van der Waals surface area contributed by atoms with Gasteiger partial charge in [-0.2, -0.15) is 0 Å². The van der Waals surface area contributed by atoms with Crippen molar-refractivity contribution in [2.75, 3.05) is 31.6 Å². The van der Waals surface area contributed by atoms with Crippen LogP contribution in [0.3, 0.4) is 0 Å². The summed E-state index contributed by atoms with van der Waals surface area (Å²) in [7, 11) is 0. The number of imidazole rings is 1. The first-order valence-electron chi connectivity index (χ1n) is 13.0. The lowest BCUT2D eigenvalue weighted by Gasteiger charge is -2.29. The van der Waals surface area contributed by atoms with E-state index in [0.29, 0.717) is 55.4 Å². The van der Waals surface area contributed by atoms with E-state index in [9.17, 15) is 14.0 Å². The fraction of sp³-hybridized carbons (Fsp3) is 0.429. The number of anilines is 1. The van der Waals surface area contributed by atoms with Crippen LogP contribution in [0.25, 0.3) is 11.2 Å². The number of hydrogen-bond donors (Lipinski definition) is 1. The normalized spacial score (nSPS) is 15.0. The molecule has 2 aromatic heterocycles. The summed E-state index contributed by atoms with van der Waals surface area (Å²) in [6, 6.07) is 3.05. The molecule has 206 valence electrons. The van der Waals surface area contributed by atoms with Gasteiger partial charge in [-0.25, -0.2) is 23.9 Å². The van der Waals surface area contributed by atoms with Gasteiger partial charge in [-0.05, 0) is 51.8 Å². The van der Waals surface area contributed by atoms with Gasteiger partial charge in [0.25, 0.3) is 0 Å². The topological polar surface area (TPSA) is 107 Å². The molecule has 0 radical (unpaired) electrons. The Bertz CT molecular complexity index is 1460. The molecule has 10 nitrogen and oxygen atoms in total. The SMILES string of the molecule is CCOC(=O)c1cn2c(NCc3c(F)ccc4c3CCO4)ncc(C3=CCN(C(=O)OC(C)(C)C)CC3)c2n1. The zero-order valence-electron chi connectivity index (χ0n) is 22.5. The van der Waals surface area contributed by atoms with Crippen molar-refractivity contribution in [3.8, 4) is 5.75 Å². The van der Waals surface area contributed by atoms with Gasteiger partial charge in [-0.1, -0.05) is 6.08 Å². The van der Waals surface area contributed by atoms with E-state index in [1.165, 1.54) is 6.07 Å². The number of fused-ring (bicyclic) bond motifs is 2. The van der Waals surface area contributed by atoms with Gasteiger partial charge in [-0.3, -0.25) is 4.40 Å². The molecular weight excluding hydrogens is 505 g/mol. The lowest BCUT2D eigenvalue weighted by molar-refractivity contribution is 0.0270. The van der Waals surface area contributed by atoms with Crippen molar-refractivity contribution in [2.24, 2.45) is 0 Å². The quantitative estimate of drug-likeness (QED) is 0.454. The zero-order chi connectivity index (χ0) is 27.7. The number of ether oxygens (including phenoxy) is 3. The Hall–Kier alpha value is -4.15. The van der Waals surface area contributed by atoms with Crippen molar-refractivity contribution in [1.29, 1.82) is 0 Å². The molecule has 3 aromatic rings. The first kappa shape index (κ1) is 26.5. The average Bonchev–Trinajstić information content (AvgIpc) is 3.55. The highest BCUT2D eigenvalue weighted by molar-refractivity contribution is 5.89. The Kier molecular flexibility index (Phi) is 7.16. The third kappa shape index (κ3) is 5.52. The number of rotatable bonds is 6. The summed E-state index contributed by atoms with van der Waals surface area (Å²) < 4.78 is 32.6. The highest BCUT2D eigenvalue weighted by Crippen LogP contribution is 2.32. The highest BCUT2D eigenvalue weighted by atomic mass is 19.1. The molecule has 5 rings (SSSR count). The number of nitrogens with zero attached hydrogens (tertiary/aromatic N) is 4. The van der Waals surface area contributed by atoms with Crippen LogP contribution in [0.5, 0.6) is 5.75 Å². The number of nitrogens with one attached hydrogen (secondary N) is 1. The van der Waals surface area contributed by atoms with Crippen LogP contribution in [0.15, 0.2) is 30.6 Å². The van der Waals surface area contributed by atoms with Gasteiger partial charge in [0.15, 0.2) is 5.69 Å². The fourth-order valence-electron chi connectivity index (χ4n) is 4.72. The van der Waals surface area contributed by atoms with E-state index in [1.54, 1.807) is 34.7 Å². The van der Waals surface area contributed by atoms with E-state index >= 15 is 0 Å². The number of esters is 1. The Morgan fingerprint density at radius 1 is 1.23 bits per heavy atom. The summed E-state index contributed by atoms with van der Waals surface area (Å²) in [5.74, 6) is 0.230. The summed E-state index contributed by atoms with van der Waals surface area (Å²) >= 11 is 0. The highest BCUT2D eigenvalue weighted by Gasteiger charge is 2.26. The van der Waals surface area contributed by atoms with Crippen LogP contribution in [0.1, 0.15) is 61.3 Å². The molecule has 2 aliphatic rings. The van der Waals surface area contributed by atoms with E-state index in [2.05, 4.69) is 15.3 Å². The van der Waals surface area contributed by atoms with Gasteiger partial charge in [0, 0.05) is 55.1 Å². The second-order valence-corrected chi connectivity index (χ2v) is 10.4. The van der Waals surface area contributed by atoms with Crippen LogP contribution < -0.4 is 10.1 Å². The lowest BCUT2D eigenvalue weighted by atomic mass is 10.0. The molecule has 4 heterocycles. The van der Waals surface area contributed by atoms with E-state index in [-0.39, 0.29) is 30.8 Å². The average molecular weight is 538 g/mol. The molecule has 0 aliphatic carbocycles. The van der Waals surface area contributed by atoms with Crippen LogP contribution in [0.4, 0.5) is 15.1 Å². The molecule has 0 unspecified atom stereocenters. The second kappa shape index (κ2) is 10.5. The summed E-state index contributed by atoms with van der Waals surface area (Å²) in [5.41, 5.74) is 3.12. The predicted octanol–water partition coefficient (Wildman–Crippen LogP) is 4.62. The van der Waals surface area contributed by atoms with Gasteiger partial charge in [-0.15, -0.1) is 0 Å². The molecule has 0 saturated heterocycles. The van der Waals surface area contributed by atoms with Crippen molar-refractivity contribution >= 4 is 29.2 Å². The molecule has 0 bridgehead atoms. The fourth-order valence-corrected chi connectivity index (χ4v) is 4.72. The van der Waals surface area contributed by atoms with Crippen molar-refractivity contribution in [3.05, 3.63) is 58.8 Å². The minimum absolute atomic E-state index is 0.140. The monoisotopic (exact) mass is 537 g/mol. The molecule has 0 spiro atoms. The van der Waals surface area contributed by atoms with E-state index in [0.717, 1.165) is 16.7 Å². The molecule has 0 saturated carbocycles. The van der Waals surface area contributed by atoms with Gasteiger partial charge >= 0.3 is 12.1 Å². The molecule has 1 aromatic carbocycles. The Morgan fingerprint density at radius 2 is 2.05 bits per heavy atom. The number of aromatic nitrogens is 3. The van der Waals surface area contributed by atoms with Gasteiger partial charge < -0.3 is 24.4 Å². The summed E-state index contributed by atoms with van der Waals surface area (Å²) in [4.78, 5) is 35.8. The van der Waals surface area contributed by atoms with E-state index in [1.807, 2.05) is 26.8 Å². The lowest BCUT2D eigenvalue weighted by Crippen LogP contribution is -2.39. The van der Waals surface area contributed by atoms with Crippen molar-refractivity contribution in [1.82, 2.24) is 19.3 Å². The third-order valence-corrected chi connectivity index (χ3v) is 6.55. The molecule has 1 N–H and O–H groups in total. The minimum atomic E-state index is -0.574. The van der Waals surface area contributed by atoms with E-state index < -0.39 is 11.6 Å². The van der Waals surface area contributed by atoms with Crippen LogP contribution in [-0.4, -0.2) is 63.2 Å². The van der Waals surface area contributed by atoms with Crippen LogP contribution in [0.2, 0.25) is 0 Å². The third-order valence-electron chi connectivity index (χ3n) is 6.55. The molecule has 11 heteroatoms. The predicted molar refractivity (Wildman–Crippen MR) is 142 cm³/mol. The molecule has 39 heavy (non-hydrogen) atoms. The van der Waals surface area contributed by atoms with Crippen LogP contribution in [-0.2, 0) is 22.4 Å². The van der Waals surface area contributed by atoms with Crippen molar-refractivity contribution in [3.63, 3.8) is 0 Å². The summed E-state index contributed by atoms with van der Waals surface area (Å²) in [6.45, 7) is 9.00. The molecular formula is C28H32FN5O5. The Balaban J connectivity index is 1.45. The van der Waals surface area contributed by atoms with Crippen molar-refractivity contribution < 1.29 is 28.2 Å². The summed E-state index contributed by atoms with van der Waals surface area (Å²) in [6.07, 6.45) is 6.03. The van der Waals surface area contributed by atoms with Gasteiger partial charge in [0.05, 0.1) is 13.2 Å². The smallest absolute Gasteiger partial charge is 0.410 e. The molecule has 0 fully saturated rings. The Morgan fingerprint density at radius 3 is 2.77 bits per heavy atom. The van der Waals surface area contributed by atoms with E-state index in [4.69, 9.17) is 14.2 Å². The molecule has 0 atom stereocenters. The number of amides is 1. The first-order valence-corrected chi connectivity index (χ1v) is 13.0. The standard InChI is InChI=1S/C28H32FN5O5/c1-5-37-25(35)22-16-34-24(32-22)19(17-8-11-33(12-9-17)27(36)39-28(2,3)4)14-30-26(34)31-15-20-18-10-13-38-23(18)7-6-21(20)29/h6-8,14,16H,5,9-13,15H2,1-4H3,(H,30,31). The zero-order valence-corrected chi connectivity index (χ0v) is 22.5. The summed E-state index contributed by atoms with van der Waals surface area (Å²) in [5, 5.41) is 3.21. The first-order chi connectivity index (χ1) is 18.6. The number of carbonyl (C=O) groups is 2. The molecule has 1 amide bonds. The number of hydrogen-bond acceptors (Lipinski definition) is 8. The maximum absolute atomic E-state index is 14.7. The molecule has 2 aliphatic heterocycles. The maximum Gasteiger partial charge on any atom is 0.410 e. The van der Waals surface area contributed by atoms with Crippen molar-refractivity contribution in [2.45, 2.75) is 52.7 Å². The second-order valence-electron chi connectivity index (χ2n) is 10.4. The van der Waals surface area contributed by atoms with Gasteiger partial charge in [0.1, 0.15) is 22.8 Å². The van der Waals surface area contributed by atoms with Gasteiger partial charge in [0.2, 0.25) is 5.95 Å². The largest absolute Gasteiger partial charge is 0.493 e. The number of benzene rings is 1. The minimum Gasteiger partial charge on any atom is -0.493 e. The Labute approximate surface area is 225 Å².